The predicted octanol–water partition coefficient (Wildman–Crippen LogP) is 1.02. The van der Waals surface area contributed by atoms with Crippen LogP contribution in [0.4, 0.5) is 0 Å². The molecule has 0 bridgehead atoms. The summed E-state index contributed by atoms with van der Waals surface area (Å²) < 4.78 is 0. The van der Waals surface area contributed by atoms with Gasteiger partial charge in [0.15, 0.2) is 0 Å². The van der Waals surface area contributed by atoms with Gasteiger partial charge in [-0.3, -0.25) is 0 Å². The lowest BCUT2D eigenvalue weighted by atomic mass is 10.4. The molecule has 60 valence electrons. The maximum Gasteiger partial charge on any atom is 0.0171 e. The molecule has 0 aromatic heterocycles. The molecule has 0 amide bonds. The van der Waals surface area contributed by atoms with Crippen molar-refractivity contribution in [2.75, 3.05) is 26.7 Å². The molecule has 0 unspecified atom stereocenters. The molecule has 0 heterocycles. The van der Waals surface area contributed by atoms with Gasteiger partial charge in [-0.15, -0.1) is 0 Å². The Labute approximate surface area is 67.6 Å². The second kappa shape index (κ2) is 7.06. The molecule has 3 heteroatoms. The van der Waals surface area contributed by atoms with Gasteiger partial charge in [0.2, 0.25) is 0 Å². The molecule has 0 aromatic rings. The third kappa shape index (κ3) is 6.08. The van der Waals surface area contributed by atoms with E-state index in [2.05, 4.69) is 4.90 Å². The van der Waals surface area contributed by atoms with E-state index in [0.29, 0.717) is 0 Å². The van der Waals surface area contributed by atoms with Gasteiger partial charge in [0, 0.05) is 12.1 Å². The number of rotatable bonds is 5. The topological polar surface area (TPSA) is 29.3 Å². The summed E-state index contributed by atoms with van der Waals surface area (Å²) in [5.41, 5.74) is 6.88. The maximum atomic E-state index is 5.35. The summed E-state index contributed by atoms with van der Waals surface area (Å²) in [4.78, 5) is 2.17. The first-order chi connectivity index (χ1) is 4.81. The van der Waals surface area contributed by atoms with Crippen LogP contribution in [0, 0.1) is 0 Å². The van der Waals surface area contributed by atoms with Crippen molar-refractivity contribution in [3.63, 3.8) is 0 Å². The lowest BCUT2D eigenvalue weighted by Crippen LogP contribution is -2.21. The van der Waals surface area contributed by atoms with E-state index in [1.165, 1.54) is 0 Å². The molecule has 0 atom stereocenters. The van der Waals surface area contributed by atoms with Gasteiger partial charge in [0.05, 0.1) is 0 Å². The molecule has 0 rings (SSSR count). The average Bonchev–Trinajstić information content (AvgIpc) is 1.97. The highest BCUT2D eigenvalue weighted by Crippen LogP contribution is 1.87. The van der Waals surface area contributed by atoms with Crippen molar-refractivity contribution in [3.05, 3.63) is 11.6 Å². The molecule has 0 radical (unpaired) electrons. The normalized spacial score (nSPS) is 11.6. The summed E-state index contributed by atoms with van der Waals surface area (Å²) in [6.07, 6.45) is 2.96. The maximum absolute atomic E-state index is 5.35. The second-order valence-electron chi connectivity index (χ2n) is 2.27. The minimum Gasteiger partial charge on any atom is -0.330 e. The van der Waals surface area contributed by atoms with Crippen LogP contribution in [0.2, 0.25) is 0 Å². The van der Waals surface area contributed by atoms with Gasteiger partial charge in [-0.25, -0.2) is 0 Å². The Morgan fingerprint density at radius 2 is 2.30 bits per heavy atom. The zero-order valence-electron chi connectivity index (χ0n) is 6.39. The molecule has 0 fully saturated rings. The van der Waals surface area contributed by atoms with Gasteiger partial charge >= 0.3 is 0 Å². The molecule has 0 spiro atoms. The second-order valence-corrected chi connectivity index (χ2v) is 2.52. The lowest BCUT2D eigenvalue weighted by Gasteiger charge is -2.12. The fourth-order valence-corrected chi connectivity index (χ4v) is 0.752. The number of likely N-dealkylation sites (N-methyl/N-ethyl adjacent to an activating group) is 1. The number of nitrogens with two attached hydrogens (primary N) is 1. The van der Waals surface area contributed by atoms with Gasteiger partial charge in [0.1, 0.15) is 0 Å². The minimum atomic E-state index is 0.759. The van der Waals surface area contributed by atoms with Crippen molar-refractivity contribution in [2.45, 2.75) is 6.42 Å². The van der Waals surface area contributed by atoms with Crippen LogP contribution in [0.25, 0.3) is 0 Å². The summed E-state index contributed by atoms with van der Waals surface area (Å²) in [5, 5.41) is 0. The van der Waals surface area contributed by atoms with Crippen molar-refractivity contribution in [3.8, 4) is 0 Å². The van der Waals surface area contributed by atoms with Crippen LogP contribution in [-0.4, -0.2) is 31.6 Å². The minimum absolute atomic E-state index is 0.759. The van der Waals surface area contributed by atoms with Gasteiger partial charge in [-0.05, 0) is 26.6 Å². The van der Waals surface area contributed by atoms with Crippen LogP contribution >= 0.6 is 11.6 Å². The Balaban J connectivity index is 3.16. The molecular weight excluding hydrogens is 148 g/mol. The van der Waals surface area contributed by atoms with E-state index in [1.54, 1.807) is 5.54 Å². The fourth-order valence-electron chi connectivity index (χ4n) is 0.672. The Kier molecular flexibility index (Phi) is 7.03. The Bertz CT molecular complexity index is 93.6. The first-order valence-corrected chi connectivity index (χ1v) is 3.88. The highest BCUT2D eigenvalue weighted by molar-refractivity contribution is 6.25. The van der Waals surface area contributed by atoms with E-state index in [1.807, 2.05) is 13.1 Å². The quantitative estimate of drug-likeness (QED) is 0.654. The van der Waals surface area contributed by atoms with Crippen molar-refractivity contribution in [1.82, 2.24) is 4.90 Å². The summed E-state index contributed by atoms with van der Waals surface area (Å²) in [7, 11) is 2.05. The predicted molar refractivity (Wildman–Crippen MR) is 46.2 cm³/mol. The highest BCUT2D eigenvalue weighted by Gasteiger charge is 1.91. The van der Waals surface area contributed by atoms with Crippen LogP contribution in [0.5, 0.6) is 0 Å². The van der Waals surface area contributed by atoms with E-state index < -0.39 is 0 Å². The first-order valence-electron chi connectivity index (χ1n) is 3.45. The van der Waals surface area contributed by atoms with Gasteiger partial charge < -0.3 is 10.6 Å². The number of halogens is 1. The van der Waals surface area contributed by atoms with Crippen LogP contribution in [0.1, 0.15) is 6.42 Å². The largest absolute Gasteiger partial charge is 0.330 e. The Morgan fingerprint density at radius 1 is 1.60 bits per heavy atom. The SMILES string of the molecule is CN(C/C=C/Cl)CCCN. The van der Waals surface area contributed by atoms with Crippen molar-refractivity contribution in [2.24, 2.45) is 5.73 Å². The molecule has 0 aliphatic rings. The number of hydrogen-bond acceptors (Lipinski definition) is 2. The zero-order chi connectivity index (χ0) is 7.82. The van der Waals surface area contributed by atoms with Crippen molar-refractivity contribution in [1.29, 1.82) is 0 Å². The standard InChI is InChI=1S/C7H15ClN2/c1-10(6-2-4-8)7-3-5-9/h2,4H,3,5-7,9H2,1H3/b4-2+. The molecule has 2 N–H and O–H groups in total. The monoisotopic (exact) mass is 162 g/mol. The molecule has 0 aromatic carbocycles. The molecule has 10 heavy (non-hydrogen) atoms. The van der Waals surface area contributed by atoms with Crippen LogP contribution in [0.3, 0.4) is 0 Å². The average molecular weight is 163 g/mol. The molecular formula is C7H15ClN2. The Hall–Kier alpha value is -0.0500. The van der Waals surface area contributed by atoms with Gasteiger partial charge in [0.25, 0.3) is 0 Å². The first kappa shape index (κ1) is 9.95. The van der Waals surface area contributed by atoms with E-state index in [-0.39, 0.29) is 0 Å². The zero-order valence-corrected chi connectivity index (χ0v) is 7.14. The third-order valence-corrected chi connectivity index (χ3v) is 1.43. The smallest absolute Gasteiger partial charge is 0.0171 e. The summed E-state index contributed by atoms with van der Waals surface area (Å²) in [6, 6.07) is 0. The molecule has 0 saturated heterocycles. The summed E-state index contributed by atoms with van der Waals surface area (Å²) >= 11 is 5.35. The highest BCUT2D eigenvalue weighted by atomic mass is 35.5. The fraction of sp³-hybridized carbons (Fsp3) is 0.714. The van der Waals surface area contributed by atoms with Crippen LogP contribution < -0.4 is 5.73 Å². The molecule has 0 aliphatic heterocycles. The van der Waals surface area contributed by atoms with E-state index >= 15 is 0 Å². The van der Waals surface area contributed by atoms with E-state index in [4.69, 9.17) is 17.3 Å². The molecule has 0 aliphatic carbocycles. The third-order valence-electron chi connectivity index (χ3n) is 1.25. The van der Waals surface area contributed by atoms with Crippen LogP contribution in [0.15, 0.2) is 11.6 Å². The summed E-state index contributed by atoms with van der Waals surface area (Å²) in [6.45, 7) is 2.70. The number of nitrogens with zero attached hydrogens (tertiary/aromatic N) is 1. The lowest BCUT2D eigenvalue weighted by molar-refractivity contribution is 0.366. The molecule has 0 saturated carbocycles. The van der Waals surface area contributed by atoms with Gasteiger partial charge in [-0.2, -0.15) is 0 Å². The van der Waals surface area contributed by atoms with E-state index in [9.17, 15) is 0 Å². The van der Waals surface area contributed by atoms with Gasteiger partial charge in [-0.1, -0.05) is 17.7 Å². The number of hydrogen-bond donors (Lipinski definition) is 1. The summed E-state index contributed by atoms with van der Waals surface area (Å²) in [5.74, 6) is 0. The molecule has 2 nitrogen and oxygen atoms in total. The van der Waals surface area contributed by atoms with Crippen molar-refractivity contribution >= 4 is 11.6 Å². The van der Waals surface area contributed by atoms with Crippen LogP contribution in [-0.2, 0) is 0 Å². The Morgan fingerprint density at radius 3 is 2.80 bits per heavy atom. The van der Waals surface area contributed by atoms with Crippen molar-refractivity contribution < 1.29 is 0 Å². The van der Waals surface area contributed by atoms with E-state index in [0.717, 1.165) is 26.1 Å².